The number of hydrogen-bond acceptors (Lipinski definition) is 5. The van der Waals surface area contributed by atoms with E-state index in [1.165, 1.54) is 6.92 Å². The van der Waals surface area contributed by atoms with Gasteiger partial charge in [-0.2, -0.15) is 0 Å². The number of esters is 2. The Labute approximate surface area is 132 Å². The fourth-order valence-corrected chi connectivity index (χ4v) is 2.63. The first kappa shape index (κ1) is 18.2. The van der Waals surface area contributed by atoms with Crippen molar-refractivity contribution >= 4 is 11.9 Å². The van der Waals surface area contributed by atoms with E-state index in [-0.39, 0.29) is 17.9 Å². The van der Waals surface area contributed by atoms with E-state index in [4.69, 9.17) is 9.47 Å². The third kappa shape index (κ3) is 4.84. The average molecular weight is 307 g/mol. The van der Waals surface area contributed by atoms with Crippen LogP contribution in [-0.4, -0.2) is 49.7 Å². The summed E-state index contributed by atoms with van der Waals surface area (Å²) in [4.78, 5) is 25.5. The molecule has 1 aromatic carbocycles. The van der Waals surface area contributed by atoms with Crippen molar-refractivity contribution in [3.8, 4) is 0 Å². The minimum Gasteiger partial charge on any atom is -0.465 e. The van der Waals surface area contributed by atoms with Crippen molar-refractivity contribution in [1.29, 1.82) is 0 Å². The van der Waals surface area contributed by atoms with Crippen LogP contribution in [0.15, 0.2) is 30.3 Å². The molecule has 0 bridgehead atoms. The van der Waals surface area contributed by atoms with Crippen LogP contribution in [0, 0.1) is 0 Å². The lowest BCUT2D eigenvalue weighted by molar-refractivity contribution is -0.156. The third-order valence-corrected chi connectivity index (χ3v) is 3.47. The molecule has 0 aliphatic carbocycles. The van der Waals surface area contributed by atoms with Gasteiger partial charge in [0.05, 0.1) is 6.61 Å². The van der Waals surface area contributed by atoms with Crippen LogP contribution in [0.2, 0.25) is 0 Å². The second-order valence-electron chi connectivity index (χ2n) is 5.41. The van der Waals surface area contributed by atoms with E-state index in [0.717, 1.165) is 5.56 Å². The number of carbonyl (C=O) groups is 2. The minimum atomic E-state index is -0.531. The second-order valence-corrected chi connectivity index (χ2v) is 5.41. The predicted molar refractivity (Wildman–Crippen MR) is 84.5 cm³/mol. The van der Waals surface area contributed by atoms with Crippen LogP contribution < -0.4 is 0 Å². The molecule has 0 heterocycles. The summed E-state index contributed by atoms with van der Waals surface area (Å²) in [5.41, 5.74) is 0.933. The van der Waals surface area contributed by atoms with Crippen LogP contribution in [0.3, 0.4) is 0 Å². The molecular formula is C17H25NO4. The topological polar surface area (TPSA) is 55.8 Å². The van der Waals surface area contributed by atoms with Crippen LogP contribution in [0.5, 0.6) is 0 Å². The van der Waals surface area contributed by atoms with Crippen LogP contribution in [-0.2, 0) is 19.1 Å². The molecule has 0 fully saturated rings. The summed E-state index contributed by atoms with van der Waals surface area (Å²) in [7, 11) is 3.63. The normalized spacial score (nSPS) is 15.0. The highest BCUT2D eigenvalue weighted by atomic mass is 16.5. The van der Waals surface area contributed by atoms with Crippen LogP contribution >= 0.6 is 0 Å². The highest BCUT2D eigenvalue weighted by Crippen LogP contribution is 2.29. The van der Waals surface area contributed by atoms with Gasteiger partial charge in [0.2, 0.25) is 0 Å². The van der Waals surface area contributed by atoms with Gasteiger partial charge in [-0.25, -0.2) is 0 Å². The van der Waals surface area contributed by atoms with E-state index >= 15 is 0 Å². The zero-order chi connectivity index (χ0) is 16.7. The van der Waals surface area contributed by atoms with Crippen molar-refractivity contribution < 1.29 is 19.1 Å². The largest absolute Gasteiger partial charge is 0.465 e. The van der Waals surface area contributed by atoms with Crippen molar-refractivity contribution in [2.45, 2.75) is 38.8 Å². The molecule has 0 aliphatic heterocycles. The molecule has 0 unspecified atom stereocenters. The molecule has 3 atom stereocenters. The van der Waals surface area contributed by atoms with Crippen molar-refractivity contribution in [3.05, 3.63) is 35.9 Å². The molecule has 5 nitrogen and oxygen atoms in total. The quantitative estimate of drug-likeness (QED) is 0.723. The van der Waals surface area contributed by atoms with E-state index in [2.05, 4.69) is 0 Å². The molecular weight excluding hydrogens is 282 g/mol. The number of hydrogen-bond donors (Lipinski definition) is 0. The Hall–Kier alpha value is -1.88. The maximum Gasteiger partial charge on any atom is 0.324 e. The lowest BCUT2D eigenvalue weighted by Crippen LogP contribution is -2.46. The molecule has 0 amide bonds. The van der Waals surface area contributed by atoms with E-state index in [0.29, 0.717) is 6.61 Å². The first-order valence-electron chi connectivity index (χ1n) is 7.43. The zero-order valence-electron chi connectivity index (χ0n) is 13.9. The molecule has 5 heteroatoms. The SMILES string of the molecule is CCOC(=O)[C@H]([C@@H](c1ccccc1)[C@@H](C)OC(C)=O)N(C)C. The van der Waals surface area contributed by atoms with Crippen molar-refractivity contribution in [1.82, 2.24) is 4.90 Å². The highest BCUT2D eigenvalue weighted by molar-refractivity contribution is 5.77. The van der Waals surface area contributed by atoms with E-state index in [1.807, 2.05) is 44.4 Å². The Bertz CT molecular complexity index is 487. The first-order chi connectivity index (χ1) is 10.4. The van der Waals surface area contributed by atoms with Gasteiger partial charge in [-0.15, -0.1) is 0 Å². The molecule has 0 N–H and O–H groups in total. The minimum absolute atomic E-state index is 0.306. The van der Waals surface area contributed by atoms with E-state index in [9.17, 15) is 9.59 Å². The summed E-state index contributed by atoms with van der Waals surface area (Å²) in [6.45, 7) is 5.26. The Morgan fingerprint density at radius 2 is 1.77 bits per heavy atom. The van der Waals surface area contributed by atoms with Gasteiger partial charge in [0.15, 0.2) is 0 Å². The molecule has 122 valence electrons. The lowest BCUT2D eigenvalue weighted by Gasteiger charge is -2.34. The molecule has 1 aromatic rings. The molecule has 0 saturated heterocycles. The Morgan fingerprint density at radius 1 is 1.18 bits per heavy atom. The number of likely N-dealkylation sites (N-methyl/N-ethyl adjacent to an activating group) is 1. The van der Waals surface area contributed by atoms with Crippen molar-refractivity contribution in [2.75, 3.05) is 20.7 Å². The molecule has 0 aliphatic rings. The first-order valence-corrected chi connectivity index (χ1v) is 7.43. The van der Waals surface area contributed by atoms with Gasteiger partial charge in [-0.3, -0.25) is 14.5 Å². The zero-order valence-corrected chi connectivity index (χ0v) is 13.9. The van der Waals surface area contributed by atoms with Gasteiger partial charge in [0.25, 0.3) is 0 Å². The fourth-order valence-electron chi connectivity index (χ4n) is 2.63. The predicted octanol–water partition coefficient (Wildman–Crippen LogP) is 2.22. The lowest BCUT2D eigenvalue weighted by atomic mass is 9.86. The number of nitrogens with zero attached hydrogens (tertiary/aromatic N) is 1. The van der Waals surface area contributed by atoms with Gasteiger partial charge < -0.3 is 9.47 Å². The van der Waals surface area contributed by atoms with Crippen molar-refractivity contribution in [3.63, 3.8) is 0 Å². The Morgan fingerprint density at radius 3 is 2.23 bits per heavy atom. The molecule has 0 spiro atoms. The average Bonchev–Trinajstić information content (AvgIpc) is 2.44. The highest BCUT2D eigenvalue weighted by Gasteiger charge is 2.37. The van der Waals surface area contributed by atoms with E-state index < -0.39 is 12.1 Å². The van der Waals surface area contributed by atoms with Gasteiger partial charge in [-0.05, 0) is 33.5 Å². The second kappa shape index (κ2) is 8.54. The standard InChI is InChI=1S/C17H25NO4/c1-6-21-17(20)16(18(4)5)15(12(2)22-13(3)19)14-10-8-7-9-11-14/h7-12,15-16H,6H2,1-5H3/t12-,15-,16+/m1/s1. The summed E-state index contributed by atoms with van der Waals surface area (Å²) in [6, 6.07) is 9.05. The fraction of sp³-hybridized carbons (Fsp3) is 0.529. The van der Waals surface area contributed by atoms with Gasteiger partial charge in [0, 0.05) is 12.8 Å². The molecule has 1 rings (SSSR count). The number of benzene rings is 1. The van der Waals surface area contributed by atoms with Crippen LogP contribution in [0.4, 0.5) is 0 Å². The third-order valence-electron chi connectivity index (χ3n) is 3.47. The summed E-state index contributed by atoms with van der Waals surface area (Å²) in [5.74, 6) is -0.991. The molecule has 0 saturated carbocycles. The molecule has 0 aromatic heterocycles. The summed E-state index contributed by atoms with van der Waals surface area (Å²) in [6.07, 6.45) is -0.447. The van der Waals surface area contributed by atoms with E-state index in [1.54, 1.807) is 18.7 Å². The Kier molecular flexibility index (Phi) is 7.05. The maximum absolute atomic E-state index is 12.4. The number of rotatable bonds is 7. The van der Waals surface area contributed by atoms with Gasteiger partial charge in [0.1, 0.15) is 12.1 Å². The summed E-state index contributed by atoms with van der Waals surface area (Å²) in [5, 5.41) is 0. The number of ether oxygens (including phenoxy) is 2. The van der Waals surface area contributed by atoms with Crippen LogP contribution in [0.25, 0.3) is 0 Å². The number of carbonyl (C=O) groups excluding carboxylic acids is 2. The van der Waals surface area contributed by atoms with Crippen molar-refractivity contribution in [2.24, 2.45) is 0 Å². The van der Waals surface area contributed by atoms with Crippen LogP contribution in [0.1, 0.15) is 32.3 Å². The Balaban J connectivity index is 3.21. The maximum atomic E-state index is 12.4. The monoisotopic (exact) mass is 307 g/mol. The summed E-state index contributed by atoms with van der Waals surface area (Å²) < 4.78 is 10.6. The van der Waals surface area contributed by atoms with Gasteiger partial charge >= 0.3 is 11.9 Å². The molecule has 22 heavy (non-hydrogen) atoms. The summed E-state index contributed by atoms with van der Waals surface area (Å²) >= 11 is 0. The van der Waals surface area contributed by atoms with Gasteiger partial charge in [-0.1, -0.05) is 30.3 Å². The smallest absolute Gasteiger partial charge is 0.324 e. The molecule has 0 radical (unpaired) electrons.